The van der Waals surface area contributed by atoms with Crippen LogP contribution in [0.1, 0.15) is 31.2 Å². The largest absolute Gasteiger partial charge is 0.454 e. The Labute approximate surface area is 200 Å². The van der Waals surface area contributed by atoms with Crippen LogP contribution in [0.5, 0.6) is 11.5 Å². The Balaban J connectivity index is 1.19. The minimum Gasteiger partial charge on any atom is -0.454 e. The summed E-state index contributed by atoms with van der Waals surface area (Å²) in [6, 6.07) is 12.7. The number of nitrogens with zero attached hydrogens (tertiary/aromatic N) is 2. The maximum atomic E-state index is 13.0. The van der Waals surface area contributed by atoms with Crippen molar-refractivity contribution in [1.29, 1.82) is 0 Å². The third kappa shape index (κ3) is 5.30. The van der Waals surface area contributed by atoms with Crippen LogP contribution >= 0.6 is 11.6 Å². The van der Waals surface area contributed by atoms with Crippen LogP contribution in [0.3, 0.4) is 0 Å². The van der Waals surface area contributed by atoms with Crippen molar-refractivity contribution in [1.82, 2.24) is 14.5 Å². The van der Waals surface area contributed by atoms with Gasteiger partial charge in [-0.1, -0.05) is 30.5 Å². The summed E-state index contributed by atoms with van der Waals surface area (Å²) in [6.07, 6.45) is 4.08. The summed E-state index contributed by atoms with van der Waals surface area (Å²) in [7, 11) is -3.57. The normalized spacial score (nSPS) is 24.2. The fourth-order valence-corrected chi connectivity index (χ4v) is 6.55. The molecule has 0 radical (unpaired) electrons. The highest BCUT2D eigenvalue weighted by Gasteiger charge is 2.34. The van der Waals surface area contributed by atoms with Gasteiger partial charge in [0.1, 0.15) is 0 Å². The molecule has 178 valence electrons. The van der Waals surface area contributed by atoms with Gasteiger partial charge in [0.05, 0.1) is 4.90 Å². The third-order valence-corrected chi connectivity index (χ3v) is 8.64. The highest BCUT2D eigenvalue weighted by Crippen LogP contribution is 2.33. The zero-order valence-corrected chi connectivity index (χ0v) is 20.2. The van der Waals surface area contributed by atoms with E-state index in [0.717, 1.165) is 69.9 Å². The number of halogens is 1. The summed E-state index contributed by atoms with van der Waals surface area (Å²) < 4.78 is 39.9. The second-order valence-electron chi connectivity index (χ2n) is 9.03. The Morgan fingerprint density at radius 3 is 2.45 bits per heavy atom. The molecule has 1 N–H and O–H groups in total. The van der Waals surface area contributed by atoms with Crippen LogP contribution in [0.25, 0.3) is 0 Å². The molecule has 2 heterocycles. The van der Waals surface area contributed by atoms with Gasteiger partial charge in [-0.25, -0.2) is 13.1 Å². The monoisotopic (exact) mass is 491 g/mol. The van der Waals surface area contributed by atoms with Crippen molar-refractivity contribution in [3.05, 3.63) is 53.1 Å². The summed E-state index contributed by atoms with van der Waals surface area (Å²) >= 11 is 5.93. The zero-order valence-electron chi connectivity index (χ0n) is 18.6. The number of ether oxygens (including phenoxy) is 2. The number of piperazine rings is 1. The van der Waals surface area contributed by atoms with Gasteiger partial charge < -0.3 is 9.47 Å². The summed E-state index contributed by atoms with van der Waals surface area (Å²) in [5.41, 5.74) is 1.22. The number of fused-ring (bicyclic) bond motifs is 1. The lowest BCUT2D eigenvalue weighted by Gasteiger charge is -2.44. The van der Waals surface area contributed by atoms with Gasteiger partial charge in [0.25, 0.3) is 0 Å². The predicted molar refractivity (Wildman–Crippen MR) is 127 cm³/mol. The first-order chi connectivity index (χ1) is 16.0. The SMILES string of the molecule is O=S(=O)(N[C@H]1CCCC[C@@H]1N1CCN(Cc2ccc3c(c2)OCO3)CC1)c1ccc(Cl)cc1. The standard InChI is InChI=1S/C24H30ClN3O4S/c25-19-6-8-20(9-7-19)33(29,30)26-21-3-1-2-4-22(21)28-13-11-27(12-14-28)16-18-5-10-23-24(15-18)32-17-31-23/h5-10,15,21-22,26H,1-4,11-14,16-17H2/t21-,22-/m0/s1. The molecule has 0 amide bonds. The van der Waals surface area contributed by atoms with Crippen LogP contribution in [0.2, 0.25) is 5.02 Å². The minimum absolute atomic E-state index is 0.0696. The molecule has 3 aliphatic rings. The summed E-state index contributed by atoms with van der Waals surface area (Å²) in [6.45, 7) is 4.97. The predicted octanol–water partition coefficient (Wildman–Crippen LogP) is 3.48. The highest BCUT2D eigenvalue weighted by atomic mass is 35.5. The quantitative estimate of drug-likeness (QED) is 0.667. The molecule has 33 heavy (non-hydrogen) atoms. The van der Waals surface area contributed by atoms with Gasteiger partial charge in [0.15, 0.2) is 11.5 Å². The summed E-state index contributed by atoms with van der Waals surface area (Å²) in [4.78, 5) is 5.19. The van der Waals surface area contributed by atoms with E-state index in [2.05, 4.69) is 26.7 Å². The molecule has 2 aliphatic heterocycles. The second-order valence-corrected chi connectivity index (χ2v) is 11.2. The molecule has 2 fully saturated rings. The van der Waals surface area contributed by atoms with Crippen LogP contribution in [-0.2, 0) is 16.6 Å². The Kier molecular flexibility index (Phi) is 6.81. The van der Waals surface area contributed by atoms with E-state index >= 15 is 0 Å². The molecule has 9 heteroatoms. The fraction of sp³-hybridized carbons (Fsp3) is 0.500. The highest BCUT2D eigenvalue weighted by molar-refractivity contribution is 7.89. The van der Waals surface area contributed by atoms with Crippen LogP contribution in [0.15, 0.2) is 47.4 Å². The van der Waals surface area contributed by atoms with E-state index < -0.39 is 10.0 Å². The Hall–Kier alpha value is -1.84. The molecule has 1 aliphatic carbocycles. The maximum Gasteiger partial charge on any atom is 0.240 e. The molecule has 2 atom stereocenters. The van der Waals surface area contributed by atoms with Gasteiger partial charge in [0, 0.05) is 49.8 Å². The minimum atomic E-state index is -3.57. The molecule has 0 aromatic heterocycles. The number of rotatable bonds is 6. The Morgan fingerprint density at radius 2 is 1.67 bits per heavy atom. The van der Waals surface area contributed by atoms with Gasteiger partial charge in [-0.2, -0.15) is 0 Å². The molecule has 7 nitrogen and oxygen atoms in total. The van der Waals surface area contributed by atoms with Crippen LogP contribution in [0.4, 0.5) is 0 Å². The smallest absolute Gasteiger partial charge is 0.240 e. The molecule has 1 saturated heterocycles. The van der Waals surface area contributed by atoms with E-state index in [1.54, 1.807) is 24.3 Å². The van der Waals surface area contributed by atoms with Crippen LogP contribution in [0, 0.1) is 0 Å². The van der Waals surface area contributed by atoms with Crippen LogP contribution in [-0.4, -0.2) is 63.3 Å². The van der Waals surface area contributed by atoms with Gasteiger partial charge in [-0.05, 0) is 54.8 Å². The van der Waals surface area contributed by atoms with E-state index in [0.29, 0.717) is 11.8 Å². The molecule has 2 aromatic carbocycles. The van der Waals surface area contributed by atoms with Crippen LogP contribution < -0.4 is 14.2 Å². The first-order valence-corrected chi connectivity index (χ1v) is 13.5. The third-order valence-electron chi connectivity index (χ3n) is 6.88. The van der Waals surface area contributed by atoms with Crippen molar-refractivity contribution in [3.63, 3.8) is 0 Å². The van der Waals surface area contributed by atoms with Crippen molar-refractivity contribution >= 4 is 21.6 Å². The number of benzene rings is 2. The topological polar surface area (TPSA) is 71.1 Å². The number of hydrogen-bond donors (Lipinski definition) is 1. The van der Waals surface area contributed by atoms with E-state index in [-0.39, 0.29) is 17.0 Å². The number of hydrogen-bond acceptors (Lipinski definition) is 6. The van der Waals surface area contributed by atoms with Crippen molar-refractivity contribution in [3.8, 4) is 11.5 Å². The first-order valence-electron chi connectivity index (χ1n) is 11.6. The van der Waals surface area contributed by atoms with Crippen molar-refractivity contribution < 1.29 is 17.9 Å². The van der Waals surface area contributed by atoms with E-state index in [4.69, 9.17) is 21.1 Å². The first kappa shape index (κ1) is 22.9. The molecule has 1 saturated carbocycles. The number of nitrogens with one attached hydrogen (secondary N) is 1. The second kappa shape index (κ2) is 9.80. The zero-order chi connectivity index (χ0) is 22.8. The lowest BCUT2D eigenvalue weighted by molar-refractivity contribution is 0.0631. The summed E-state index contributed by atoms with van der Waals surface area (Å²) in [5.74, 6) is 1.64. The van der Waals surface area contributed by atoms with Crippen molar-refractivity contribution in [2.75, 3.05) is 33.0 Å². The molecule has 0 bridgehead atoms. The van der Waals surface area contributed by atoms with Crippen molar-refractivity contribution in [2.24, 2.45) is 0 Å². The van der Waals surface area contributed by atoms with Gasteiger partial charge >= 0.3 is 0 Å². The lowest BCUT2D eigenvalue weighted by Crippen LogP contribution is -2.58. The molecular formula is C24H30ClN3O4S. The Morgan fingerprint density at radius 1 is 0.939 bits per heavy atom. The average Bonchev–Trinajstić information content (AvgIpc) is 3.28. The van der Waals surface area contributed by atoms with E-state index in [9.17, 15) is 8.42 Å². The van der Waals surface area contributed by atoms with E-state index in [1.165, 1.54) is 5.56 Å². The molecule has 5 rings (SSSR count). The Bertz CT molecular complexity index is 1070. The molecule has 0 unspecified atom stereocenters. The number of sulfonamides is 1. The lowest BCUT2D eigenvalue weighted by atomic mass is 9.89. The maximum absolute atomic E-state index is 13.0. The van der Waals surface area contributed by atoms with Crippen molar-refractivity contribution in [2.45, 2.75) is 49.2 Å². The fourth-order valence-electron chi connectivity index (χ4n) is 5.12. The molecule has 0 spiro atoms. The van der Waals surface area contributed by atoms with Gasteiger partial charge in [-0.15, -0.1) is 0 Å². The van der Waals surface area contributed by atoms with Gasteiger partial charge in [-0.3, -0.25) is 9.80 Å². The van der Waals surface area contributed by atoms with E-state index in [1.807, 2.05) is 6.07 Å². The molecule has 2 aromatic rings. The molecular weight excluding hydrogens is 462 g/mol. The average molecular weight is 492 g/mol. The van der Waals surface area contributed by atoms with Gasteiger partial charge in [0.2, 0.25) is 16.8 Å². The summed E-state index contributed by atoms with van der Waals surface area (Å²) in [5, 5.41) is 0.531.